The predicted molar refractivity (Wildman–Crippen MR) is 118 cm³/mol. The molecule has 29 heavy (non-hydrogen) atoms. The van der Waals surface area contributed by atoms with E-state index in [4.69, 9.17) is 9.15 Å². The first-order valence-corrected chi connectivity index (χ1v) is 10.5. The molecule has 158 valence electrons. The number of hydrogen-bond acceptors (Lipinski definition) is 4. The fourth-order valence-corrected chi connectivity index (χ4v) is 3.61. The number of nitrogens with one attached hydrogen (secondary N) is 2. The normalized spacial score (nSPS) is 17.7. The first-order chi connectivity index (χ1) is 14.1. The Labute approximate surface area is 174 Å². The maximum absolute atomic E-state index is 5.95. The number of morpholine rings is 1. The molecule has 2 aromatic rings. The zero-order chi connectivity index (χ0) is 20.6. The zero-order valence-corrected chi connectivity index (χ0v) is 18.1. The Bertz CT molecular complexity index is 778. The monoisotopic (exact) mass is 398 g/mol. The second-order valence-corrected chi connectivity index (χ2v) is 7.76. The SMILES string of the molecule is CN=C(NCC(C)c1ccc(C)cc1)NCC(c1ccc(C)o1)N1CCOCC1. The van der Waals surface area contributed by atoms with Crippen molar-refractivity contribution in [2.45, 2.75) is 32.7 Å². The van der Waals surface area contributed by atoms with Gasteiger partial charge < -0.3 is 19.8 Å². The molecular formula is C23H34N4O2. The Kier molecular flexibility index (Phi) is 7.72. The number of hydrogen-bond donors (Lipinski definition) is 2. The molecule has 1 fully saturated rings. The molecule has 0 radical (unpaired) electrons. The molecule has 6 nitrogen and oxygen atoms in total. The summed E-state index contributed by atoms with van der Waals surface area (Å²) in [5.74, 6) is 3.13. The van der Waals surface area contributed by atoms with E-state index in [1.807, 2.05) is 20.0 Å². The van der Waals surface area contributed by atoms with E-state index in [0.717, 1.165) is 56.9 Å². The van der Waals surface area contributed by atoms with Crippen LogP contribution >= 0.6 is 0 Å². The van der Waals surface area contributed by atoms with Crippen molar-refractivity contribution in [1.82, 2.24) is 15.5 Å². The predicted octanol–water partition coefficient (Wildman–Crippen LogP) is 3.24. The summed E-state index contributed by atoms with van der Waals surface area (Å²) < 4.78 is 11.5. The van der Waals surface area contributed by atoms with E-state index in [-0.39, 0.29) is 6.04 Å². The molecule has 1 aliphatic rings. The minimum Gasteiger partial charge on any atom is -0.465 e. The van der Waals surface area contributed by atoms with Crippen LogP contribution in [0.1, 0.15) is 41.5 Å². The van der Waals surface area contributed by atoms with Gasteiger partial charge in [-0.15, -0.1) is 0 Å². The van der Waals surface area contributed by atoms with E-state index in [1.165, 1.54) is 11.1 Å². The van der Waals surface area contributed by atoms with Crippen molar-refractivity contribution in [2.75, 3.05) is 46.4 Å². The van der Waals surface area contributed by atoms with Crippen LogP contribution in [0.2, 0.25) is 0 Å². The molecule has 2 unspecified atom stereocenters. The van der Waals surface area contributed by atoms with Crippen molar-refractivity contribution in [3.63, 3.8) is 0 Å². The number of rotatable bonds is 7. The molecule has 3 rings (SSSR count). The molecule has 0 bridgehead atoms. The van der Waals surface area contributed by atoms with Gasteiger partial charge in [-0.25, -0.2) is 0 Å². The van der Waals surface area contributed by atoms with Gasteiger partial charge in [-0.3, -0.25) is 9.89 Å². The van der Waals surface area contributed by atoms with Crippen LogP contribution < -0.4 is 10.6 Å². The molecule has 1 aromatic heterocycles. The lowest BCUT2D eigenvalue weighted by Gasteiger charge is -2.33. The van der Waals surface area contributed by atoms with Crippen LogP contribution in [0.25, 0.3) is 0 Å². The summed E-state index contributed by atoms with van der Waals surface area (Å²) in [6.45, 7) is 11.2. The van der Waals surface area contributed by atoms with Gasteiger partial charge in [-0.1, -0.05) is 36.8 Å². The number of nitrogens with zero attached hydrogens (tertiary/aromatic N) is 2. The molecule has 6 heteroatoms. The summed E-state index contributed by atoms with van der Waals surface area (Å²) in [6, 6.07) is 13.0. The van der Waals surface area contributed by atoms with E-state index >= 15 is 0 Å². The molecule has 2 heterocycles. The average molecular weight is 399 g/mol. The molecule has 0 saturated carbocycles. The minimum absolute atomic E-state index is 0.153. The number of benzene rings is 1. The smallest absolute Gasteiger partial charge is 0.191 e. The number of aliphatic imine (C=N–C) groups is 1. The van der Waals surface area contributed by atoms with Gasteiger partial charge in [-0.05, 0) is 37.5 Å². The molecule has 2 atom stereocenters. The highest BCUT2D eigenvalue weighted by atomic mass is 16.5. The second kappa shape index (κ2) is 10.5. The Morgan fingerprint density at radius 1 is 1.03 bits per heavy atom. The lowest BCUT2D eigenvalue weighted by atomic mass is 10.0. The molecule has 2 N–H and O–H groups in total. The third-order valence-electron chi connectivity index (χ3n) is 5.48. The van der Waals surface area contributed by atoms with E-state index in [0.29, 0.717) is 5.92 Å². The number of aryl methyl sites for hydroxylation is 2. The van der Waals surface area contributed by atoms with E-state index in [2.05, 4.69) is 64.7 Å². The Morgan fingerprint density at radius 3 is 2.34 bits per heavy atom. The van der Waals surface area contributed by atoms with Gasteiger partial charge in [0.1, 0.15) is 11.5 Å². The molecule has 0 aliphatic carbocycles. The van der Waals surface area contributed by atoms with E-state index in [9.17, 15) is 0 Å². The zero-order valence-electron chi connectivity index (χ0n) is 18.1. The van der Waals surface area contributed by atoms with Gasteiger partial charge in [0.2, 0.25) is 0 Å². The molecule has 1 saturated heterocycles. The number of guanidine groups is 1. The standard InChI is InChI=1S/C23H34N4O2/c1-17-5-8-20(9-6-17)18(2)15-25-23(24-4)26-16-21(22-10-7-19(3)29-22)27-11-13-28-14-12-27/h5-10,18,21H,11-16H2,1-4H3,(H2,24,25,26). The van der Waals surface area contributed by atoms with Crippen molar-refractivity contribution in [3.05, 3.63) is 59.0 Å². The van der Waals surface area contributed by atoms with Crippen LogP contribution in [0.5, 0.6) is 0 Å². The largest absolute Gasteiger partial charge is 0.465 e. The molecule has 1 aromatic carbocycles. The summed E-state index contributed by atoms with van der Waals surface area (Å²) in [4.78, 5) is 6.82. The van der Waals surface area contributed by atoms with Gasteiger partial charge in [0, 0.05) is 33.2 Å². The Hall–Kier alpha value is -2.31. The fourth-order valence-electron chi connectivity index (χ4n) is 3.61. The summed E-state index contributed by atoms with van der Waals surface area (Å²) >= 11 is 0. The summed E-state index contributed by atoms with van der Waals surface area (Å²) in [5.41, 5.74) is 2.62. The summed E-state index contributed by atoms with van der Waals surface area (Å²) in [5, 5.41) is 6.95. The molecule has 0 amide bonds. The highest BCUT2D eigenvalue weighted by molar-refractivity contribution is 5.79. The topological polar surface area (TPSA) is 62.0 Å². The van der Waals surface area contributed by atoms with Crippen LogP contribution in [0, 0.1) is 13.8 Å². The maximum Gasteiger partial charge on any atom is 0.191 e. The lowest BCUT2D eigenvalue weighted by molar-refractivity contribution is 0.0124. The fraction of sp³-hybridized carbons (Fsp3) is 0.522. The second-order valence-electron chi connectivity index (χ2n) is 7.76. The molecule has 1 aliphatic heterocycles. The quantitative estimate of drug-likeness (QED) is 0.554. The number of ether oxygens (including phenoxy) is 1. The Morgan fingerprint density at radius 2 is 1.72 bits per heavy atom. The third kappa shape index (κ3) is 6.08. The van der Waals surface area contributed by atoms with Gasteiger partial charge >= 0.3 is 0 Å². The van der Waals surface area contributed by atoms with Crippen molar-refractivity contribution < 1.29 is 9.15 Å². The van der Waals surface area contributed by atoms with Crippen LogP contribution in [0.15, 0.2) is 45.8 Å². The van der Waals surface area contributed by atoms with Gasteiger partial charge in [-0.2, -0.15) is 0 Å². The van der Waals surface area contributed by atoms with Crippen LogP contribution in [0.3, 0.4) is 0 Å². The first kappa shape index (κ1) is 21.4. The highest BCUT2D eigenvalue weighted by Crippen LogP contribution is 2.23. The minimum atomic E-state index is 0.153. The molecule has 0 spiro atoms. The first-order valence-electron chi connectivity index (χ1n) is 10.5. The summed E-state index contributed by atoms with van der Waals surface area (Å²) in [6.07, 6.45) is 0. The van der Waals surface area contributed by atoms with Gasteiger partial charge in [0.25, 0.3) is 0 Å². The van der Waals surface area contributed by atoms with Crippen molar-refractivity contribution in [2.24, 2.45) is 4.99 Å². The lowest BCUT2D eigenvalue weighted by Crippen LogP contribution is -2.46. The van der Waals surface area contributed by atoms with Crippen molar-refractivity contribution in [3.8, 4) is 0 Å². The Balaban J connectivity index is 1.57. The van der Waals surface area contributed by atoms with Gasteiger partial charge in [0.05, 0.1) is 19.3 Å². The van der Waals surface area contributed by atoms with Crippen LogP contribution in [-0.4, -0.2) is 57.3 Å². The highest BCUT2D eigenvalue weighted by Gasteiger charge is 2.25. The van der Waals surface area contributed by atoms with Crippen LogP contribution in [-0.2, 0) is 4.74 Å². The van der Waals surface area contributed by atoms with E-state index < -0.39 is 0 Å². The average Bonchev–Trinajstić information content (AvgIpc) is 3.17. The van der Waals surface area contributed by atoms with Crippen LogP contribution in [0.4, 0.5) is 0 Å². The maximum atomic E-state index is 5.95. The van der Waals surface area contributed by atoms with E-state index in [1.54, 1.807) is 0 Å². The van der Waals surface area contributed by atoms with Crippen molar-refractivity contribution in [1.29, 1.82) is 0 Å². The van der Waals surface area contributed by atoms with Crippen molar-refractivity contribution >= 4 is 5.96 Å². The number of furan rings is 1. The third-order valence-corrected chi connectivity index (χ3v) is 5.48. The van der Waals surface area contributed by atoms with Gasteiger partial charge in [0.15, 0.2) is 5.96 Å². The molecular weight excluding hydrogens is 364 g/mol. The summed E-state index contributed by atoms with van der Waals surface area (Å²) in [7, 11) is 1.81.